The molecule has 2 aromatic carbocycles. The molecule has 3 aromatic rings. The van der Waals surface area contributed by atoms with Gasteiger partial charge in [-0.3, -0.25) is 4.79 Å². The maximum atomic E-state index is 12.8. The number of hydrogen-bond acceptors (Lipinski definition) is 3. The Morgan fingerprint density at radius 1 is 1.04 bits per heavy atom. The van der Waals surface area contributed by atoms with Crippen LogP contribution in [-0.4, -0.2) is 5.78 Å². The highest BCUT2D eigenvalue weighted by Crippen LogP contribution is 2.40. The van der Waals surface area contributed by atoms with E-state index < -0.39 is 11.7 Å². The summed E-state index contributed by atoms with van der Waals surface area (Å²) in [6.07, 6.45) is -4.19. The molecule has 0 fully saturated rings. The molecule has 0 N–H and O–H groups in total. The van der Waals surface area contributed by atoms with E-state index in [2.05, 4.69) is 0 Å². The van der Waals surface area contributed by atoms with Gasteiger partial charge in [-0.1, -0.05) is 29.8 Å². The van der Waals surface area contributed by atoms with E-state index in [1.54, 1.807) is 24.3 Å². The van der Waals surface area contributed by atoms with Crippen molar-refractivity contribution in [3.05, 3.63) is 87.1 Å². The lowest BCUT2D eigenvalue weighted by molar-refractivity contribution is -0.137. The Morgan fingerprint density at radius 3 is 2.26 bits per heavy atom. The van der Waals surface area contributed by atoms with Crippen molar-refractivity contribution in [1.82, 2.24) is 0 Å². The molecule has 1 nitrogen and oxygen atoms in total. The Kier molecular flexibility index (Phi) is 6.29. The summed E-state index contributed by atoms with van der Waals surface area (Å²) in [5.74, 6) is -0.0311. The van der Waals surface area contributed by atoms with E-state index in [0.29, 0.717) is 15.5 Å². The number of ketones is 1. The van der Waals surface area contributed by atoms with Crippen LogP contribution in [0, 0.1) is 0 Å². The SMILES string of the molecule is O=C(C[C@@H](Sc1ccc(Cl)cc1)c1ccc(C(F)(F)F)cc1)c1cccs1. The van der Waals surface area contributed by atoms with Gasteiger partial charge in [0.05, 0.1) is 10.4 Å². The van der Waals surface area contributed by atoms with Gasteiger partial charge in [-0.15, -0.1) is 23.1 Å². The van der Waals surface area contributed by atoms with Gasteiger partial charge in [0.2, 0.25) is 0 Å². The Bertz CT molecular complexity index is 888. The average molecular weight is 427 g/mol. The maximum Gasteiger partial charge on any atom is 0.416 e. The van der Waals surface area contributed by atoms with E-state index >= 15 is 0 Å². The normalized spacial score (nSPS) is 12.7. The van der Waals surface area contributed by atoms with Gasteiger partial charge >= 0.3 is 6.18 Å². The van der Waals surface area contributed by atoms with Crippen molar-refractivity contribution >= 4 is 40.5 Å². The molecule has 0 spiro atoms. The molecule has 0 unspecified atom stereocenters. The molecule has 0 bridgehead atoms. The van der Waals surface area contributed by atoms with Crippen molar-refractivity contribution in [3.63, 3.8) is 0 Å². The lowest BCUT2D eigenvalue weighted by atomic mass is 10.0. The van der Waals surface area contributed by atoms with Crippen molar-refractivity contribution in [1.29, 1.82) is 0 Å². The predicted molar refractivity (Wildman–Crippen MR) is 105 cm³/mol. The van der Waals surface area contributed by atoms with E-state index in [0.717, 1.165) is 17.0 Å². The number of hydrogen-bond donors (Lipinski definition) is 0. The van der Waals surface area contributed by atoms with Crippen molar-refractivity contribution in [2.75, 3.05) is 0 Å². The third-order valence-corrected chi connectivity index (χ3v) is 6.30. The van der Waals surface area contributed by atoms with Crippen LogP contribution in [-0.2, 0) is 6.18 Å². The Labute approximate surface area is 168 Å². The van der Waals surface area contributed by atoms with Gasteiger partial charge < -0.3 is 0 Å². The number of carbonyl (C=O) groups excluding carboxylic acids is 1. The molecular formula is C20H14ClF3OS2. The van der Waals surface area contributed by atoms with Crippen LogP contribution in [0.3, 0.4) is 0 Å². The summed E-state index contributed by atoms with van der Waals surface area (Å²) >= 11 is 8.70. The zero-order valence-electron chi connectivity index (χ0n) is 13.9. The first kappa shape index (κ1) is 20.0. The first-order valence-corrected chi connectivity index (χ1v) is 10.1. The molecule has 0 radical (unpaired) electrons. The molecule has 1 aromatic heterocycles. The number of alkyl halides is 3. The number of thiophene rings is 1. The number of Topliss-reactive ketones (excluding diaryl/α,β-unsaturated/α-hetero) is 1. The molecule has 0 saturated heterocycles. The summed E-state index contributed by atoms with van der Waals surface area (Å²) in [6.45, 7) is 0. The lowest BCUT2D eigenvalue weighted by Gasteiger charge is -2.17. The van der Waals surface area contributed by atoms with Crippen molar-refractivity contribution in [2.45, 2.75) is 22.7 Å². The van der Waals surface area contributed by atoms with E-state index in [1.165, 1.54) is 35.2 Å². The molecule has 0 amide bonds. The highest BCUT2D eigenvalue weighted by Gasteiger charge is 2.30. The van der Waals surface area contributed by atoms with E-state index in [1.807, 2.05) is 17.5 Å². The third kappa shape index (κ3) is 5.37. The number of halogens is 4. The standard InChI is InChI=1S/C20H14ClF3OS2/c21-15-7-9-16(10-8-15)27-19(12-17(25)18-2-1-11-26-18)13-3-5-14(6-4-13)20(22,23)24/h1-11,19H,12H2/t19-/m1/s1. The minimum atomic E-state index is -4.38. The molecule has 0 aliphatic carbocycles. The fourth-order valence-corrected chi connectivity index (χ4v) is 4.45. The fourth-order valence-electron chi connectivity index (χ4n) is 2.50. The Morgan fingerprint density at radius 2 is 1.70 bits per heavy atom. The minimum Gasteiger partial charge on any atom is -0.293 e. The molecule has 1 atom stereocenters. The van der Waals surface area contributed by atoms with Crippen LogP contribution < -0.4 is 0 Å². The Hall–Kier alpha value is -1.76. The zero-order valence-corrected chi connectivity index (χ0v) is 16.3. The van der Waals surface area contributed by atoms with Gasteiger partial charge in [-0.2, -0.15) is 13.2 Å². The largest absolute Gasteiger partial charge is 0.416 e. The quantitative estimate of drug-likeness (QED) is 0.299. The molecule has 0 saturated carbocycles. The van der Waals surface area contributed by atoms with Gasteiger partial charge in [-0.25, -0.2) is 0 Å². The van der Waals surface area contributed by atoms with E-state index in [4.69, 9.17) is 11.6 Å². The molecule has 27 heavy (non-hydrogen) atoms. The molecule has 7 heteroatoms. The van der Waals surface area contributed by atoms with E-state index in [9.17, 15) is 18.0 Å². The van der Waals surface area contributed by atoms with Crippen LogP contribution in [0.5, 0.6) is 0 Å². The number of rotatable bonds is 6. The summed E-state index contributed by atoms with van der Waals surface area (Å²) < 4.78 is 38.5. The van der Waals surface area contributed by atoms with Crippen LogP contribution in [0.15, 0.2) is 70.9 Å². The van der Waals surface area contributed by atoms with Gasteiger partial charge in [0.1, 0.15) is 0 Å². The maximum absolute atomic E-state index is 12.8. The predicted octanol–water partition coefficient (Wildman–Crippen LogP) is 7.53. The first-order valence-electron chi connectivity index (χ1n) is 7.99. The van der Waals surface area contributed by atoms with Crippen LogP contribution in [0.4, 0.5) is 13.2 Å². The first-order chi connectivity index (χ1) is 12.8. The second-order valence-corrected chi connectivity index (χ2v) is 8.45. The summed E-state index contributed by atoms with van der Waals surface area (Å²) in [6, 6.07) is 15.7. The molecule has 1 heterocycles. The van der Waals surface area contributed by atoms with Gasteiger partial charge in [0.25, 0.3) is 0 Å². The Balaban J connectivity index is 1.86. The fraction of sp³-hybridized carbons (Fsp3) is 0.150. The minimum absolute atomic E-state index is 0.0311. The van der Waals surface area contributed by atoms with Crippen LogP contribution >= 0.6 is 34.7 Å². The number of carbonyl (C=O) groups is 1. The third-order valence-electron chi connectivity index (χ3n) is 3.87. The second kappa shape index (κ2) is 8.50. The van der Waals surface area contributed by atoms with Crippen LogP contribution in [0.2, 0.25) is 5.02 Å². The second-order valence-electron chi connectivity index (χ2n) is 5.78. The average Bonchev–Trinajstić information content (AvgIpc) is 3.17. The zero-order chi connectivity index (χ0) is 19.4. The number of benzene rings is 2. The smallest absolute Gasteiger partial charge is 0.293 e. The molecule has 140 valence electrons. The molecule has 3 rings (SSSR count). The topological polar surface area (TPSA) is 17.1 Å². The highest BCUT2D eigenvalue weighted by molar-refractivity contribution is 7.99. The van der Waals surface area contributed by atoms with Gasteiger partial charge in [0, 0.05) is 21.6 Å². The lowest BCUT2D eigenvalue weighted by Crippen LogP contribution is -2.07. The molecule has 0 aliphatic rings. The summed E-state index contributed by atoms with van der Waals surface area (Å²) in [7, 11) is 0. The van der Waals surface area contributed by atoms with Crippen molar-refractivity contribution in [2.24, 2.45) is 0 Å². The van der Waals surface area contributed by atoms with E-state index in [-0.39, 0.29) is 17.5 Å². The van der Waals surface area contributed by atoms with Crippen molar-refractivity contribution in [3.8, 4) is 0 Å². The van der Waals surface area contributed by atoms with Gasteiger partial charge in [0.15, 0.2) is 5.78 Å². The number of thioether (sulfide) groups is 1. The molecule has 0 aliphatic heterocycles. The summed E-state index contributed by atoms with van der Waals surface area (Å²) in [4.78, 5) is 14.1. The summed E-state index contributed by atoms with van der Waals surface area (Å²) in [5.41, 5.74) is -0.0288. The summed E-state index contributed by atoms with van der Waals surface area (Å²) in [5, 5.41) is 2.12. The monoisotopic (exact) mass is 426 g/mol. The van der Waals surface area contributed by atoms with Crippen LogP contribution in [0.25, 0.3) is 0 Å². The highest BCUT2D eigenvalue weighted by atomic mass is 35.5. The van der Waals surface area contributed by atoms with Crippen LogP contribution in [0.1, 0.15) is 32.5 Å². The van der Waals surface area contributed by atoms with Gasteiger partial charge in [-0.05, 0) is 53.4 Å². The molecular weight excluding hydrogens is 413 g/mol. The van der Waals surface area contributed by atoms with Crippen molar-refractivity contribution < 1.29 is 18.0 Å².